The number of nitrogens with zero attached hydrogens (tertiary/aromatic N) is 3. The molecule has 0 spiro atoms. The number of aromatic nitrogens is 3. The second kappa shape index (κ2) is 5.81. The Labute approximate surface area is 89.8 Å². The van der Waals surface area contributed by atoms with Gasteiger partial charge in [0, 0.05) is 12.4 Å². The molecule has 14 heavy (non-hydrogen) atoms. The van der Waals surface area contributed by atoms with Gasteiger partial charge in [0.2, 0.25) is 0 Å². The second-order valence-corrected chi connectivity index (χ2v) is 3.59. The van der Waals surface area contributed by atoms with Gasteiger partial charge in [0.1, 0.15) is 0 Å². The van der Waals surface area contributed by atoms with Gasteiger partial charge in [-0.1, -0.05) is 18.2 Å². The Hall–Kier alpha value is -0.830. The minimum absolute atomic E-state index is 0.659. The zero-order chi connectivity index (χ0) is 10.4. The minimum Gasteiger partial charge on any atom is -0.245 e. The standard InChI is InChI=1S/C10H16ClN3/c1-3-7-14-10(8-12-13-14)9(2)5-4-6-11/h5,8H,3-4,6-7H2,1-2H3/b9-5+. The van der Waals surface area contributed by atoms with Crippen molar-refractivity contribution in [2.45, 2.75) is 33.2 Å². The van der Waals surface area contributed by atoms with Crippen LogP contribution in [-0.4, -0.2) is 20.9 Å². The van der Waals surface area contributed by atoms with Crippen LogP contribution >= 0.6 is 11.6 Å². The Balaban J connectivity index is 2.77. The summed E-state index contributed by atoms with van der Waals surface area (Å²) >= 11 is 5.63. The topological polar surface area (TPSA) is 30.7 Å². The van der Waals surface area contributed by atoms with E-state index in [0.29, 0.717) is 5.88 Å². The van der Waals surface area contributed by atoms with Crippen LogP contribution in [-0.2, 0) is 6.54 Å². The first-order valence-corrected chi connectivity index (χ1v) is 5.44. The van der Waals surface area contributed by atoms with E-state index in [2.05, 4.69) is 30.2 Å². The van der Waals surface area contributed by atoms with Crippen molar-refractivity contribution in [3.05, 3.63) is 18.0 Å². The highest BCUT2D eigenvalue weighted by atomic mass is 35.5. The third-order valence-electron chi connectivity index (χ3n) is 2.02. The molecule has 0 amide bonds. The molecule has 0 bridgehead atoms. The molecule has 1 heterocycles. The number of halogens is 1. The number of aryl methyl sites for hydroxylation is 1. The maximum atomic E-state index is 5.63. The number of hydrogen-bond donors (Lipinski definition) is 0. The van der Waals surface area contributed by atoms with Crippen LogP contribution in [0.2, 0.25) is 0 Å². The Morgan fingerprint density at radius 2 is 2.43 bits per heavy atom. The van der Waals surface area contributed by atoms with Gasteiger partial charge in [-0.05, 0) is 25.3 Å². The zero-order valence-corrected chi connectivity index (χ0v) is 9.46. The van der Waals surface area contributed by atoms with Gasteiger partial charge in [0.25, 0.3) is 0 Å². The van der Waals surface area contributed by atoms with Gasteiger partial charge in [-0.2, -0.15) is 0 Å². The van der Waals surface area contributed by atoms with Gasteiger partial charge in [-0.3, -0.25) is 0 Å². The smallest absolute Gasteiger partial charge is 0.0839 e. The first-order valence-electron chi connectivity index (χ1n) is 4.91. The number of rotatable bonds is 5. The molecule has 0 radical (unpaired) electrons. The van der Waals surface area contributed by atoms with Crippen molar-refractivity contribution in [1.29, 1.82) is 0 Å². The van der Waals surface area contributed by atoms with Crippen LogP contribution in [0.15, 0.2) is 12.3 Å². The van der Waals surface area contributed by atoms with Crippen LogP contribution < -0.4 is 0 Å². The summed E-state index contributed by atoms with van der Waals surface area (Å²) in [5, 5.41) is 7.94. The number of hydrogen-bond acceptors (Lipinski definition) is 2. The molecule has 0 saturated heterocycles. The molecule has 1 aromatic heterocycles. The first-order chi connectivity index (χ1) is 6.79. The lowest BCUT2D eigenvalue weighted by molar-refractivity contribution is 0.573. The summed E-state index contributed by atoms with van der Waals surface area (Å²) in [4.78, 5) is 0. The number of alkyl halides is 1. The molecule has 0 aliphatic carbocycles. The molecule has 3 nitrogen and oxygen atoms in total. The van der Waals surface area contributed by atoms with Crippen molar-refractivity contribution < 1.29 is 0 Å². The van der Waals surface area contributed by atoms with Crippen LogP contribution in [0.5, 0.6) is 0 Å². The van der Waals surface area contributed by atoms with Gasteiger partial charge in [-0.15, -0.1) is 16.7 Å². The van der Waals surface area contributed by atoms with Crippen molar-refractivity contribution >= 4 is 17.2 Å². The SMILES string of the molecule is CCCn1nncc1/C(C)=C/CCCl. The molecule has 1 aromatic rings. The highest BCUT2D eigenvalue weighted by Gasteiger charge is 2.03. The molecule has 0 aliphatic heterocycles. The first kappa shape index (κ1) is 11.2. The van der Waals surface area contributed by atoms with Crippen molar-refractivity contribution in [2.24, 2.45) is 0 Å². The van der Waals surface area contributed by atoms with E-state index in [0.717, 1.165) is 25.1 Å². The molecule has 0 unspecified atom stereocenters. The molecule has 0 N–H and O–H groups in total. The van der Waals surface area contributed by atoms with E-state index in [4.69, 9.17) is 11.6 Å². The fourth-order valence-electron chi connectivity index (χ4n) is 1.32. The van der Waals surface area contributed by atoms with Gasteiger partial charge in [0.05, 0.1) is 11.9 Å². The lowest BCUT2D eigenvalue weighted by Crippen LogP contribution is -2.03. The van der Waals surface area contributed by atoms with Crippen LogP contribution in [0.1, 0.15) is 32.4 Å². The van der Waals surface area contributed by atoms with Crippen molar-refractivity contribution in [3.8, 4) is 0 Å². The summed E-state index contributed by atoms with van der Waals surface area (Å²) in [6.07, 6.45) is 5.89. The summed E-state index contributed by atoms with van der Waals surface area (Å²) in [7, 11) is 0. The predicted octanol–water partition coefficient (Wildman–Crippen LogP) is 2.72. The highest BCUT2D eigenvalue weighted by Crippen LogP contribution is 2.13. The minimum atomic E-state index is 0.659. The average Bonchev–Trinajstić information content (AvgIpc) is 2.63. The third kappa shape index (κ3) is 2.84. The molecule has 0 fully saturated rings. The van der Waals surface area contributed by atoms with Crippen molar-refractivity contribution in [2.75, 3.05) is 5.88 Å². The van der Waals surface area contributed by atoms with Crippen LogP contribution in [0.25, 0.3) is 5.57 Å². The molecule has 0 saturated carbocycles. The van der Waals surface area contributed by atoms with Crippen LogP contribution in [0.4, 0.5) is 0 Å². The van der Waals surface area contributed by atoms with Crippen LogP contribution in [0.3, 0.4) is 0 Å². The Bertz CT molecular complexity index is 304. The second-order valence-electron chi connectivity index (χ2n) is 3.21. The lowest BCUT2D eigenvalue weighted by Gasteiger charge is -2.04. The summed E-state index contributed by atoms with van der Waals surface area (Å²) in [5.41, 5.74) is 2.29. The monoisotopic (exact) mass is 213 g/mol. The maximum absolute atomic E-state index is 5.63. The molecule has 1 rings (SSSR count). The van der Waals surface area contributed by atoms with Crippen molar-refractivity contribution in [1.82, 2.24) is 15.0 Å². The van der Waals surface area contributed by atoms with E-state index < -0.39 is 0 Å². The van der Waals surface area contributed by atoms with E-state index in [1.165, 1.54) is 5.57 Å². The Morgan fingerprint density at radius 1 is 1.64 bits per heavy atom. The van der Waals surface area contributed by atoms with Gasteiger partial charge < -0.3 is 0 Å². The molecule has 4 heteroatoms. The van der Waals surface area contributed by atoms with Gasteiger partial charge in [-0.25, -0.2) is 4.68 Å². The van der Waals surface area contributed by atoms with Crippen molar-refractivity contribution in [3.63, 3.8) is 0 Å². The van der Waals surface area contributed by atoms with Crippen LogP contribution in [0, 0.1) is 0 Å². The fraction of sp³-hybridized carbons (Fsp3) is 0.600. The van der Waals surface area contributed by atoms with E-state index in [-0.39, 0.29) is 0 Å². The molecule has 0 atom stereocenters. The highest BCUT2D eigenvalue weighted by molar-refractivity contribution is 6.17. The normalized spacial score (nSPS) is 12.1. The summed E-state index contributed by atoms with van der Waals surface area (Å²) < 4.78 is 1.93. The van der Waals surface area contributed by atoms with E-state index in [1.54, 1.807) is 6.20 Å². The van der Waals surface area contributed by atoms with E-state index in [9.17, 15) is 0 Å². The molecular weight excluding hydrogens is 198 g/mol. The maximum Gasteiger partial charge on any atom is 0.0839 e. The van der Waals surface area contributed by atoms with Gasteiger partial charge >= 0.3 is 0 Å². The molecule has 0 aromatic carbocycles. The fourth-order valence-corrected chi connectivity index (χ4v) is 1.42. The predicted molar refractivity (Wildman–Crippen MR) is 59.3 cm³/mol. The third-order valence-corrected chi connectivity index (χ3v) is 2.23. The Kier molecular flexibility index (Phi) is 4.66. The quantitative estimate of drug-likeness (QED) is 0.705. The molecular formula is C10H16ClN3. The Morgan fingerprint density at radius 3 is 3.07 bits per heavy atom. The average molecular weight is 214 g/mol. The summed E-state index contributed by atoms with van der Waals surface area (Å²) in [6.45, 7) is 5.11. The zero-order valence-electron chi connectivity index (χ0n) is 8.70. The molecule has 0 aliphatic rings. The summed E-state index contributed by atoms with van der Waals surface area (Å²) in [6, 6.07) is 0. The summed E-state index contributed by atoms with van der Waals surface area (Å²) in [5.74, 6) is 0.659. The number of allylic oxidation sites excluding steroid dienone is 2. The van der Waals surface area contributed by atoms with Gasteiger partial charge in [0.15, 0.2) is 0 Å². The largest absolute Gasteiger partial charge is 0.245 e. The van der Waals surface area contributed by atoms with E-state index >= 15 is 0 Å². The molecule has 78 valence electrons. The lowest BCUT2D eigenvalue weighted by atomic mass is 10.2. The van der Waals surface area contributed by atoms with E-state index in [1.807, 2.05) is 4.68 Å².